The quantitative estimate of drug-likeness (QED) is 0.353. The van der Waals surface area contributed by atoms with Crippen LogP contribution in [0.2, 0.25) is 0 Å². The second-order valence-electron chi connectivity index (χ2n) is 9.40. The van der Waals surface area contributed by atoms with E-state index in [0.717, 1.165) is 30.4 Å². The van der Waals surface area contributed by atoms with Gasteiger partial charge in [-0.25, -0.2) is 0 Å². The Morgan fingerprint density at radius 2 is 2.15 bits per heavy atom. The van der Waals surface area contributed by atoms with Gasteiger partial charge >= 0.3 is 0 Å². The molecule has 1 amide bonds. The molecule has 176 valence electrons. The highest BCUT2D eigenvalue weighted by molar-refractivity contribution is 7.99. The maximum atomic E-state index is 12.8. The lowest BCUT2D eigenvalue weighted by molar-refractivity contribution is -0.113. The van der Waals surface area contributed by atoms with Crippen LogP contribution >= 0.6 is 23.1 Å². The van der Waals surface area contributed by atoms with E-state index < -0.39 is 0 Å². The van der Waals surface area contributed by atoms with Crippen LogP contribution in [0.25, 0.3) is 11.4 Å². The topological polar surface area (TPSA) is 96.5 Å². The number of aromatic nitrogens is 4. The molecule has 0 spiro atoms. The highest BCUT2D eigenvalue weighted by Crippen LogP contribution is 2.44. The number of anilines is 1. The lowest BCUT2D eigenvalue weighted by Crippen LogP contribution is -2.26. The Hall–Kier alpha value is -2.96. The zero-order chi connectivity index (χ0) is 24.3. The van der Waals surface area contributed by atoms with Crippen molar-refractivity contribution in [3.8, 4) is 17.5 Å². The Morgan fingerprint density at radius 1 is 1.38 bits per heavy atom. The van der Waals surface area contributed by atoms with E-state index in [9.17, 15) is 10.1 Å². The first kappa shape index (κ1) is 24.2. The van der Waals surface area contributed by atoms with Crippen molar-refractivity contribution in [3.05, 3.63) is 53.2 Å². The number of hydrogen-bond donors (Lipinski definition) is 1. The van der Waals surface area contributed by atoms with Gasteiger partial charge in [0.05, 0.1) is 11.3 Å². The van der Waals surface area contributed by atoms with E-state index in [1.54, 1.807) is 29.8 Å². The molecule has 9 heteroatoms. The number of nitrogens with zero attached hydrogens (tertiary/aromatic N) is 5. The average molecular weight is 493 g/mol. The molecule has 1 aliphatic carbocycles. The number of hydrogen-bond acceptors (Lipinski definition) is 7. The van der Waals surface area contributed by atoms with Gasteiger partial charge < -0.3 is 5.32 Å². The van der Waals surface area contributed by atoms with Crippen LogP contribution in [0.3, 0.4) is 0 Å². The van der Waals surface area contributed by atoms with E-state index >= 15 is 0 Å². The molecule has 1 aliphatic rings. The third-order valence-electron chi connectivity index (χ3n) is 6.15. The van der Waals surface area contributed by atoms with Crippen molar-refractivity contribution >= 4 is 34.0 Å². The van der Waals surface area contributed by atoms with Crippen molar-refractivity contribution < 1.29 is 4.79 Å². The van der Waals surface area contributed by atoms with Crippen molar-refractivity contribution in [1.29, 1.82) is 5.26 Å². The summed E-state index contributed by atoms with van der Waals surface area (Å²) in [5, 5.41) is 22.7. The van der Waals surface area contributed by atoms with Gasteiger partial charge in [0.25, 0.3) is 0 Å². The molecule has 0 radical (unpaired) electrons. The highest BCUT2D eigenvalue weighted by Gasteiger charge is 2.32. The number of amides is 1. The van der Waals surface area contributed by atoms with Gasteiger partial charge in [-0.3, -0.25) is 14.3 Å². The Kier molecular flexibility index (Phi) is 7.19. The maximum Gasteiger partial charge on any atom is 0.235 e. The van der Waals surface area contributed by atoms with E-state index in [2.05, 4.69) is 53.9 Å². The molecule has 1 atom stereocenters. The summed E-state index contributed by atoms with van der Waals surface area (Å²) in [5.41, 5.74) is 2.87. The molecule has 1 N–H and O–H groups in total. The summed E-state index contributed by atoms with van der Waals surface area (Å²) in [6.07, 6.45) is 8.12. The lowest BCUT2D eigenvalue weighted by atomic mass is 9.72. The fourth-order valence-electron chi connectivity index (χ4n) is 4.23. The van der Waals surface area contributed by atoms with Crippen molar-refractivity contribution in [2.24, 2.45) is 11.3 Å². The summed E-state index contributed by atoms with van der Waals surface area (Å²) in [6, 6.07) is 6.07. The Morgan fingerprint density at radius 3 is 2.82 bits per heavy atom. The first-order chi connectivity index (χ1) is 16.3. The molecular formula is C25H28N6OS2. The van der Waals surface area contributed by atoms with E-state index in [-0.39, 0.29) is 17.1 Å². The Labute approximate surface area is 208 Å². The summed E-state index contributed by atoms with van der Waals surface area (Å²) in [7, 11) is 0. The zero-order valence-corrected chi connectivity index (χ0v) is 21.3. The monoisotopic (exact) mass is 492 g/mol. The molecule has 0 bridgehead atoms. The summed E-state index contributed by atoms with van der Waals surface area (Å²) >= 11 is 2.87. The molecule has 7 nitrogen and oxygen atoms in total. The predicted molar refractivity (Wildman–Crippen MR) is 137 cm³/mol. The molecule has 0 aliphatic heterocycles. The standard InChI is InChI=1S/C25H28N6OS2/c1-5-12-31-22(16-8-10-27-11-9-16)29-30-24(31)33-15-21(32)28-23-19(14-26)18-7-6-17(25(2,3)4)13-20(18)34-23/h5,8-11,17H,1,6-7,12-13,15H2,2-4H3,(H,28,32). The largest absolute Gasteiger partial charge is 0.316 e. The maximum absolute atomic E-state index is 12.8. The van der Waals surface area contributed by atoms with E-state index in [0.29, 0.717) is 34.0 Å². The summed E-state index contributed by atoms with van der Waals surface area (Å²) < 4.78 is 1.93. The summed E-state index contributed by atoms with van der Waals surface area (Å²) in [5.74, 6) is 1.29. The van der Waals surface area contributed by atoms with Crippen molar-refractivity contribution in [2.45, 2.75) is 51.7 Å². The highest BCUT2D eigenvalue weighted by atomic mass is 32.2. The first-order valence-electron chi connectivity index (χ1n) is 11.2. The van der Waals surface area contributed by atoms with Gasteiger partial charge in [0.1, 0.15) is 11.1 Å². The number of nitriles is 1. The lowest BCUT2D eigenvalue weighted by Gasteiger charge is -2.33. The predicted octanol–water partition coefficient (Wildman–Crippen LogP) is 5.34. The molecule has 34 heavy (non-hydrogen) atoms. The molecule has 0 saturated heterocycles. The fourth-order valence-corrected chi connectivity index (χ4v) is 6.27. The van der Waals surface area contributed by atoms with Gasteiger partial charge in [-0.1, -0.05) is 38.6 Å². The molecule has 4 rings (SSSR count). The second-order valence-corrected chi connectivity index (χ2v) is 11.5. The molecule has 3 aromatic rings. The van der Waals surface area contributed by atoms with Crippen molar-refractivity contribution in [2.75, 3.05) is 11.1 Å². The number of rotatable bonds is 7. The molecule has 3 aromatic heterocycles. The third kappa shape index (κ3) is 5.08. The number of fused-ring (bicyclic) bond motifs is 1. The average Bonchev–Trinajstić information content (AvgIpc) is 3.37. The number of allylic oxidation sites excluding steroid dienone is 1. The second kappa shape index (κ2) is 10.1. The van der Waals surface area contributed by atoms with E-state index in [1.165, 1.54) is 16.6 Å². The number of thiophene rings is 1. The smallest absolute Gasteiger partial charge is 0.235 e. The number of carbonyl (C=O) groups is 1. The number of thioether (sulfide) groups is 1. The molecule has 3 heterocycles. The van der Waals surface area contributed by atoms with Crippen molar-refractivity contribution in [1.82, 2.24) is 19.7 Å². The van der Waals surface area contributed by atoms with Gasteiger partial charge in [-0.05, 0) is 48.3 Å². The third-order valence-corrected chi connectivity index (χ3v) is 8.29. The molecule has 0 saturated carbocycles. The molecule has 1 unspecified atom stereocenters. The van der Waals surface area contributed by atoms with Crippen LogP contribution in [-0.2, 0) is 24.2 Å². The Balaban J connectivity index is 1.47. The van der Waals surface area contributed by atoms with Crippen LogP contribution in [0.4, 0.5) is 5.00 Å². The zero-order valence-electron chi connectivity index (χ0n) is 19.7. The van der Waals surface area contributed by atoms with Gasteiger partial charge in [0.2, 0.25) is 5.91 Å². The molecular weight excluding hydrogens is 464 g/mol. The molecule has 0 aromatic carbocycles. The van der Waals surface area contributed by atoms with E-state index in [4.69, 9.17) is 0 Å². The van der Waals surface area contributed by atoms with Crippen LogP contribution in [0.5, 0.6) is 0 Å². The Bertz CT molecular complexity index is 1230. The summed E-state index contributed by atoms with van der Waals surface area (Å²) in [6.45, 7) is 11.2. The molecule has 0 fully saturated rings. The summed E-state index contributed by atoms with van der Waals surface area (Å²) in [4.78, 5) is 18.1. The van der Waals surface area contributed by atoms with Crippen molar-refractivity contribution in [3.63, 3.8) is 0 Å². The number of carbonyl (C=O) groups excluding carboxylic acids is 1. The fraction of sp³-hybridized carbons (Fsp3) is 0.400. The first-order valence-corrected chi connectivity index (χ1v) is 13.0. The minimum Gasteiger partial charge on any atom is -0.316 e. The SMILES string of the molecule is C=CCn1c(SCC(=O)Nc2sc3c(c2C#N)CCC(C(C)(C)C)C3)nnc1-c1ccncc1. The normalized spacial score (nSPS) is 15.4. The van der Waals surface area contributed by atoms with Gasteiger partial charge in [-0.2, -0.15) is 5.26 Å². The van der Waals surface area contributed by atoms with Crippen LogP contribution in [-0.4, -0.2) is 31.4 Å². The van der Waals surface area contributed by atoms with Gasteiger partial charge in [0.15, 0.2) is 11.0 Å². The van der Waals surface area contributed by atoms with Gasteiger partial charge in [0, 0.05) is 29.4 Å². The van der Waals surface area contributed by atoms with Crippen LogP contribution < -0.4 is 5.32 Å². The minimum atomic E-state index is -0.161. The van der Waals surface area contributed by atoms with E-state index in [1.807, 2.05) is 16.7 Å². The van der Waals surface area contributed by atoms with Crippen LogP contribution in [0.15, 0.2) is 42.3 Å². The number of pyridine rings is 1. The minimum absolute atomic E-state index is 0.161. The number of nitrogens with one attached hydrogen (secondary N) is 1. The van der Waals surface area contributed by atoms with Gasteiger partial charge in [-0.15, -0.1) is 28.1 Å². The van der Waals surface area contributed by atoms with Crippen LogP contribution in [0, 0.1) is 22.7 Å². The van der Waals surface area contributed by atoms with Crippen LogP contribution in [0.1, 0.15) is 43.2 Å².